The van der Waals surface area contributed by atoms with Crippen molar-refractivity contribution in [3.63, 3.8) is 0 Å². The van der Waals surface area contributed by atoms with Crippen molar-refractivity contribution in [1.82, 2.24) is 0 Å². The number of methoxy groups -OCH3 is 1. The number of nitriles is 1. The zero-order valence-electron chi connectivity index (χ0n) is 10.4. The van der Waals surface area contributed by atoms with Gasteiger partial charge >= 0.3 is 0 Å². The van der Waals surface area contributed by atoms with E-state index in [1.807, 2.05) is 32.1 Å². The van der Waals surface area contributed by atoms with Gasteiger partial charge in [-0.05, 0) is 29.2 Å². The Morgan fingerprint density at radius 2 is 2.00 bits per heavy atom. The number of nitrogens with zero attached hydrogens (tertiary/aromatic N) is 1. The molecule has 0 heterocycles. The molecule has 0 aliphatic carbocycles. The van der Waals surface area contributed by atoms with Crippen molar-refractivity contribution < 1.29 is 4.74 Å². The third-order valence-corrected chi connectivity index (χ3v) is 2.90. The molecule has 4 heteroatoms. The van der Waals surface area contributed by atoms with E-state index in [-0.39, 0.29) is 0 Å². The van der Waals surface area contributed by atoms with E-state index < -0.39 is 0 Å². The molecule has 0 saturated carbocycles. The van der Waals surface area contributed by atoms with Crippen LogP contribution in [0.2, 0.25) is 0 Å². The molecule has 0 fully saturated rings. The number of hydrogen-bond donors (Lipinski definition) is 1. The first-order valence-corrected chi connectivity index (χ1v) is 5.60. The summed E-state index contributed by atoms with van der Waals surface area (Å²) in [7, 11) is 3.64. The molecule has 0 unspecified atom stereocenters. The summed E-state index contributed by atoms with van der Waals surface area (Å²) in [5, 5.41) is 8.82. The smallest absolute Gasteiger partial charge is 0.144 e. The van der Waals surface area contributed by atoms with Crippen molar-refractivity contribution >= 4 is 19.0 Å². The molecule has 3 nitrogen and oxygen atoms in total. The number of ether oxygens (including phenoxy) is 1. The summed E-state index contributed by atoms with van der Waals surface area (Å²) in [5.74, 6) is 0.830. The highest BCUT2D eigenvalue weighted by Gasteiger charge is 2.06. The van der Waals surface area contributed by atoms with Gasteiger partial charge in [0.15, 0.2) is 0 Å². The number of nitrogens with two attached hydrogens (primary N) is 1. The Kier molecular flexibility index (Phi) is 3.25. The highest BCUT2D eigenvalue weighted by molar-refractivity contribution is 6.34. The molecule has 0 atom stereocenters. The van der Waals surface area contributed by atoms with E-state index in [9.17, 15) is 0 Å². The highest BCUT2D eigenvalue weighted by Crippen LogP contribution is 2.28. The van der Waals surface area contributed by atoms with Gasteiger partial charge in [-0.3, -0.25) is 0 Å². The first-order valence-electron chi connectivity index (χ1n) is 5.60. The van der Waals surface area contributed by atoms with Crippen molar-refractivity contribution in [3.8, 4) is 22.9 Å². The maximum absolute atomic E-state index is 8.82. The van der Waals surface area contributed by atoms with Crippen LogP contribution in [0.15, 0.2) is 36.4 Å². The minimum absolute atomic E-state index is 0.565. The van der Waals surface area contributed by atoms with Crippen molar-refractivity contribution in [2.45, 2.75) is 0 Å². The van der Waals surface area contributed by atoms with E-state index in [4.69, 9.17) is 15.7 Å². The predicted molar refractivity (Wildman–Crippen MR) is 75.7 cm³/mol. The Bertz CT molecular complexity index is 632. The lowest BCUT2D eigenvalue weighted by atomic mass is 9.91. The van der Waals surface area contributed by atoms with Crippen LogP contribution in [0.4, 0.5) is 5.69 Å². The molecule has 88 valence electrons. The number of nitrogen functional groups attached to an aromatic ring is 1. The maximum Gasteiger partial charge on any atom is 0.144 e. The fraction of sp³-hybridized carbons (Fsp3) is 0.0714. The third-order valence-electron chi connectivity index (χ3n) is 2.90. The molecule has 0 aliphatic heterocycles. The van der Waals surface area contributed by atoms with E-state index in [1.54, 1.807) is 19.2 Å². The van der Waals surface area contributed by atoms with Crippen LogP contribution in [-0.4, -0.2) is 15.0 Å². The Morgan fingerprint density at radius 3 is 2.61 bits per heavy atom. The average molecular weight is 236 g/mol. The number of anilines is 1. The molecule has 0 aromatic heterocycles. The predicted octanol–water partition coefficient (Wildman–Crippen LogP) is 1.07. The largest absolute Gasteiger partial charge is 0.497 e. The van der Waals surface area contributed by atoms with Crippen LogP contribution < -0.4 is 15.9 Å². The molecular weight excluding hydrogens is 223 g/mol. The first-order chi connectivity index (χ1) is 8.65. The summed E-state index contributed by atoms with van der Waals surface area (Å²) in [4.78, 5) is 0. The molecule has 0 bridgehead atoms. The SMILES string of the molecule is Bc1ccc(-c2ccc(C#N)cc2N)cc1OC. The number of hydrogen-bond acceptors (Lipinski definition) is 3. The number of rotatable bonds is 2. The molecule has 2 aromatic rings. The molecule has 0 aliphatic rings. The van der Waals surface area contributed by atoms with Gasteiger partial charge < -0.3 is 10.5 Å². The van der Waals surface area contributed by atoms with Crippen molar-refractivity contribution in [2.75, 3.05) is 12.8 Å². The van der Waals surface area contributed by atoms with Crippen LogP contribution in [0.1, 0.15) is 5.56 Å². The van der Waals surface area contributed by atoms with E-state index >= 15 is 0 Å². The van der Waals surface area contributed by atoms with Crippen LogP contribution in [0, 0.1) is 11.3 Å². The maximum atomic E-state index is 8.82. The molecule has 2 N–H and O–H groups in total. The molecular formula is C14H13BN2O. The number of benzene rings is 2. The van der Waals surface area contributed by atoms with E-state index in [0.717, 1.165) is 22.3 Å². The van der Waals surface area contributed by atoms with Crippen LogP contribution in [0.25, 0.3) is 11.1 Å². The minimum atomic E-state index is 0.565. The summed E-state index contributed by atoms with van der Waals surface area (Å²) in [6, 6.07) is 13.3. The second-order valence-corrected chi connectivity index (χ2v) is 4.10. The Morgan fingerprint density at radius 1 is 1.22 bits per heavy atom. The molecule has 2 rings (SSSR count). The quantitative estimate of drug-likeness (QED) is 0.626. The zero-order valence-corrected chi connectivity index (χ0v) is 10.4. The lowest BCUT2D eigenvalue weighted by Gasteiger charge is -2.10. The summed E-state index contributed by atoms with van der Waals surface area (Å²) < 4.78 is 5.30. The minimum Gasteiger partial charge on any atom is -0.497 e. The summed E-state index contributed by atoms with van der Waals surface area (Å²) in [5.41, 5.74) is 10.1. The zero-order chi connectivity index (χ0) is 13.1. The molecule has 0 amide bonds. The second-order valence-electron chi connectivity index (χ2n) is 4.10. The molecule has 2 aromatic carbocycles. The van der Waals surface area contributed by atoms with Gasteiger partial charge in [-0.2, -0.15) is 5.26 Å². The van der Waals surface area contributed by atoms with Gasteiger partial charge in [0.25, 0.3) is 0 Å². The fourth-order valence-electron chi connectivity index (χ4n) is 1.88. The molecule has 18 heavy (non-hydrogen) atoms. The average Bonchev–Trinajstić information content (AvgIpc) is 2.39. The molecule has 0 saturated heterocycles. The van der Waals surface area contributed by atoms with Crippen molar-refractivity contribution in [1.29, 1.82) is 5.26 Å². The highest BCUT2D eigenvalue weighted by atomic mass is 16.5. The Labute approximate surface area is 107 Å². The monoisotopic (exact) mass is 236 g/mol. The first kappa shape index (κ1) is 12.1. The molecule has 0 spiro atoms. The fourth-order valence-corrected chi connectivity index (χ4v) is 1.88. The van der Waals surface area contributed by atoms with E-state index in [2.05, 4.69) is 6.07 Å². The summed E-state index contributed by atoms with van der Waals surface area (Å²) in [6.45, 7) is 0. The lowest BCUT2D eigenvalue weighted by Crippen LogP contribution is -2.06. The van der Waals surface area contributed by atoms with Gasteiger partial charge in [0, 0.05) is 11.3 Å². The van der Waals surface area contributed by atoms with Gasteiger partial charge in [-0.1, -0.05) is 18.2 Å². The van der Waals surface area contributed by atoms with E-state index in [1.165, 1.54) is 0 Å². The van der Waals surface area contributed by atoms with E-state index in [0.29, 0.717) is 11.3 Å². The van der Waals surface area contributed by atoms with Gasteiger partial charge in [0.1, 0.15) is 13.6 Å². The van der Waals surface area contributed by atoms with Crippen LogP contribution in [0.5, 0.6) is 5.75 Å². The topological polar surface area (TPSA) is 59.0 Å². The normalized spacial score (nSPS) is 9.78. The van der Waals surface area contributed by atoms with Gasteiger partial charge in [-0.25, -0.2) is 0 Å². The Hall–Kier alpha value is -2.41. The summed E-state index contributed by atoms with van der Waals surface area (Å²) in [6.07, 6.45) is 0. The van der Waals surface area contributed by atoms with Crippen LogP contribution in [0.3, 0.4) is 0 Å². The third kappa shape index (κ3) is 2.16. The van der Waals surface area contributed by atoms with Gasteiger partial charge in [0.2, 0.25) is 0 Å². The van der Waals surface area contributed by atoms with Crippen LogP contribution in [-0.2, 0) is 0 Å². The van der Waals surface area contributed by atoms with Crippen LogP contribution >= 0.6 is 0 Å². The second kappa shape index (κ2) is 4.85. The van der Waals surface area contributed by atoms with Crippen molar-refractivity contribution in [3.05, 3.63) is 42.0 Å². The summed E-state index contributed by atoms with van der Waals surface area (Å²) >= 11 is 0. The lowest BCUT2D eigenvalue weighted by molar-refractivity contribution is 0.418. The van der Waals surface area contributed by atoms with Crippen molar-refractivity contribution in [2.24, 2.45) is 0 Å². The Balaban J connectivity index is 2.52. The standard InChI is InChI=1S/C14H13BN2O/c1-18-14-7-10(3-5-12(14)15)11-4-2-9(8-16)6-13(11)17/h2-7H,15,17H2,1H3. The molecule has 0 radical (unpaired) electrons. The van der Waals surface area contributed by atoms with Gasteiger partial charge in [0.05, 0.1) is 18.7 Å². The van der Waals surface area contributed by atoms with Gasteiger partial charge in [-0.15, -0.1) is 0 Å².